The van der Waals surface area contributed by atoms with E-state index in [0.717, 1.165) is 39.8 Å². The van der Waals surface area contributed by atoms with E-state index in [-0.39, 0.29) is 50.0 Å². The molecule has 2 aromatic carbocycles. The van der Waals surface area contributed by atoms with Crippen molar-refractivity contribution in [3.05, 3.63) is 72.1 Å². The quantitative estimate of drug-likeness (QED) is 0.0745. The number of aromatic nitrogens is 4. The molecule has 7 rings (SSSR count). The third-order valence-electron chi connectivity index (χ3n) is 17.2. The fourth-order valence-electron chi connectivity index (χ4n) is 12.3. The van der Waals surface area contributed by atoms with Crippen molar-refractivity contribution in [3.8, 4) is 11.3 Å². The van der Waals surface area contributed by atoms with Gasteiger partial charge in [0.1, 0.15) is 23.9 Å². The number of ether oxygens (including phenoxy) is 6. The van der Waals surface area contributed by atoms with Crippen LogP contribution < -0.4 is 0 Å². The van der Waals surface area contributed by atoms with Crippen molar-refractivity contribution in [2.24, 2.45) is 17.8 Å². The van der Waals surface area contributed by atoms with E-state index in [4.69, 9.17) is 28.4 Å². The Hall–Kier alpha value is -3.89. The van der Waals surface area contributed by atoms with Gasteiger partial charge in [-0.2, -0.15) is 0 Å². The molecule has 3 saturated heterocycles. The minimum absolute atomic E-state index is 0.0271. The van der Waals surface area contributed by atoms with Gasteiger partial charge in [0, 0.05) is 80.3 Å². The number of hydrogen-bond donors (Lipinski definition) is 6. The van der Waals surface area contributed by atoms with E-state index in [9.17, 15) is 30.3 Å². The number of carbonyl (C=O) groups excluding carboxylic acids is 1. The summed E-state index contributed by atoms with van der Waals surface area (Å²) >= 11 is 0. The van der Waals surface area contributed by atoms with Gasteiger partial charge in [0.05, 0.1) is 59.9 Å². The maximum Gasteiger partial charge on any atom is 0.311 e. The Kier molecular flexibility index (Phi) is 19.7. The van der Waals surface area contributed by atoms with Crippen molar-refractivity contribution < 1.29 is 58.7 Å². The molecule has 0 bridgehead atoms. The molecule has 2 aromatic heterocycles. The first kappa shape index (κ1) is 59.8. The molecule has 76 heavy (non-hydrogen) atoms. The van der Waals surface area contributed by atoms with Crippen LogP contribution >= 0.6 is 0 Å². The molecule has 5 heterocycles. The average Bonchev–Trinajstić information content (AvgIpc) is 4.06. The van der Waals surface area contributed by atoms with Gasteiger partial charge in [0.15, 0.2) is 12.6 Å². The molecule has 3 aliphatic rings. The van der Waals surface area contributed by atoms with Crippen LogP contribution in [0, 0.1) is 17.8 Å². The molecule has 6 N–H and O–H groups in total. The highest BCUT2D eigenvalue weighted by Gasteiger charge is 2.52. The summed E-state index contributed by atoms with van der Waals surface area (Å²) in [6.45, 7) is 19.1. The van der Waals surface area contributed by atoms with Crippen LogP contribution in [-0.2, 0) is 46.1 Å². The number of H-pyrrole nitrogens is 1. The number of methoxy groups -OCH3 is 1. The molecule has 0 spiro atoms. The van der Waals surface area contributed by atoms with E-state index < -0.39 is 89.9 Å². The highest BCUT2D eigenvalue weighted by atomic mass is 16.7. The van der Waals surface area contributed by atoms with E-state index in [1.165, 1.54) is 14.0 Å². The Balaban J connectivity index is 1.08. The van der Waals surface area contributed by atoms with Gasteiger partial charge in [0.25, 0.3) is 0 Å². The van der Waals surface area contributed by atoms with Crippen LogP contribution in [0.5, 0.6) is 0 Å². The monoisotopic (exact) mass is 1060 g/mol. The molecule has 0 aliphatic carbocycles. The number of para-hydroxylation sites is 1. The number of likely N-dealkylation sites (N-methyl/N-ethyl adjacent to an activating group) is 2. The Labute approximate surface area is 450 Å². The van der Waals surface area contributed by atoms with E-state index in [1.54, 1.807) is 39.3 Å². The van der Waals surface area contributed by atoms with Gasteiger partial charge in [0.2, 0.25) is 0 Å². The van der Waals surface area contributed by atoms with Crippen molar-refractivity contribution >= 4 is 16.9 Å². The number of rotatable bonds is 15. The van der Waals surface area contributed by atoms with Crippen LogP contribution in [0.2, 0.25) is 0 Å². The molecule has 0 amide bonds. The van der Waals surface area contributed by atoms with Gasteiger partial charge < -0.3 is 68.7 Å². The van der Waals surface area contributed by atoms with Crippen molar-refractivity contribution in [1.82, 2.24) is 29.8 Å². The van der Waals surface area contributed by atoms with Crippen molar-refractivity contribution in [1.29, 1.82) is 0 Å². The number of nitrogens with zero attached hydrogens (tertiary/aromatic N) is 5. The molecular formula is C58H90N6O12. The number of hydrogen-bond acceptors (Lipinski definition) is 16. The highest BCUT2D eigenvalue weighted by molar-refractivity contribution is 5.85. The van der Waals surface area contributed by atoms with Gasteiger partial charge in [-0.3, -0.25) is 4.79 Å². The molecule has 0 saturated carbocycles. The molecule has 3 aliphatic heterocycles. The number of esters is 1. The average molecular weight is 1060 g/mol. The van der Waals surface area contributed by atoms with Gasteiger partial charge in [-0.1, -0.05) is 68.4 Å². The van der Waals surface area contributed by atoms with Crippen molar-refractivity contribution in [2.75, 3.05) is 40.9 Å². The van der Waals surface area contributed by atoms with E-state index in [2.05, 4.69) is 69.7 Å². The number of cyclic esters (lactones) is 1. The number of aromatic amines is 1. The van der Waals surface area contributed by atoms with Crippen LogP contribution in [0.15, 0.2) is 60.8 Å². The zero-order chi connectivity index (χ0) is 55.4. The van der Waals surface area contributed by atoms with Gasteiger partial charge in [-0.15, -0.1) is 5.10 Å². The third kappa shape index (κ3) is 13.7. The maximum atomic E-state index is 14.5. The normalized spacial score (nSPS) is 37.2. The Morgan fingerprint density at radius 3 is 2.32 bits per heavy atom. The zero-order valence-corrected chi connectivity index (χ0v) is 47.3. The van der Waals surface area contributed by atoms with Crippen LogP contribution in [0.25, 0.3) is 22.2 Å². The maximum absolute atomic E-state index is 14.5. The van der Waals surface area contributed by atoms with Crippen molar-refractivity contribution in [3.63, 3.8) is 0 Å². The molecule has 18 atom stereocenters. The predicted molar refractivity (Wildman–Crippen MR) is 289 cm³/mol. The van der Waals surface area contributed by atoms with Crippen LogP contribution in [-0.4, -0.2) is 186 Å². The van der Waals surface area contributed by atoms with Crippen LogP contribution in [0.4, 0.5) is 0 Å². The Morgan fingerprint density at radius 2 is 1.64 bits per heavy atom. The first-order chi connectivity index (χ1) is 35.9. The summed E-state index contributed by atoms with van der Waals surface area (Å²) in [6.07, 6.45) is -2.88. The minimum Gasteiger partial charge on any atom is -0.459 e. The molecule has 18 heteroatoms. The van der Waals surface area contributed by atoms with E-state index >= 15 is 0 Å². The molecule has 18 nitrogen and oxygen atoms in total. The lowest BCUT2D eigenvalue weighted by molar-refractivity contribution is -0.308. The molecule has 4 aromatic rings. The number of carbonyl (C=O) groups is 1. The van der Waals surface area contributed by atoms with Gasteiger partial charge in [-0.05, 0) is 117 Å². The number of aliphatic hydroxyl groups is 5. The lowest BCUT2D eigenvalue weighted by Gasteiger charge is -2.48. The second-order valence-electron chi connectivity index (χ2n) is 23.5. The second kappa shape index (κ2) is 25.1. The second-order valence-corrected chi connectivity index (χ2v) is 23.5. The minimum atomic E-state index is -1.81. The Bertz CT molecular complexity index is 2440. The fraction of sp³-hybridized carbons (Fsp3) is 0.707. The SMILES string of the molecule is CC[C@H]1OC(=O)[C@H](C)[C@@H](O[C@H]2C[C@@](C)(OC)[C@@H](O)[C@H](C)O2)[C@H](C)[C@@H](O[C@H]2C[C@@H](N(C)CCc3cn([C@H](CO)Cc4ccc(-c5cc6ccccc6[nH]5)cc4)nn3)C[C@@H](C)O2)[C@](C)(O)C[C@@H](C)CN(C)[C@H](C)[C@@H](O)[C@]1(C)O. The van der Waals surface area contributed by atoms with Crippen LogP contribution in [0.3, 0.4) is 0 Å². The van der Waals surface area contributed by atoms with Gasteiger partial charge >= 0.3 is 5.97 Å². The first-order valence-corrected chi connectivity index (χ1v) is 27.6. The first-order valence-electron chi connectivity index (χ1n) is 27.6. The lowest BCUT2D eigenvalue weighted by atomic mass is 9.77. The smallest absolute Gasteiger partial charge is 0.311 e. The summed E-state index contributed by atoms with van der Waals surface area (Å²) in [7, 11) is 5.47. The topological polar surface area (TPSA) is 227 Å². The summed E-state index contributed by atoms with van der Waals surface area (Å²) in [6, 6.07) is 17.9. The van der Waals surface area contributed by atoms with Gasteiger partial charge in [-0.25, -0.2) is 4.68 Å². The summed E-state index contributed by atoms with van der Waals surface area (Å²) in [4.78, 5) is 22.3. The number of nitrogens with one attached hydrogen (secondary N) is 1. The molecule has 424 valence electrons. The van der Waals surface area contributed by atoms with E-state index in [0.29, 0.717) is 32.4 Å². The summed E-state index contributed by atoms with van der Waals surface area (Å²) < 4.78 is 40.6. The molecule has 0 unspecified atom stereocenters. The van der Waals surface area contributed by atoms with Crippen LogP contribution in [0.1, 0.15) is 119 Å². The Morgan fingerprint density at radius 1 is 0.934 bits per heavy atom. The van der Waals surface area contributed by atoms with E-state index in [1.807, 2.05) is 58.0 Å². The van der Waals surface area contributed by atoms with Crippen molar-refractivity contribution in [2.45, 2.75) is 204 Å². The molecule has 3 fully saturated rings. The molecule has 0 radical (unpaired) electrons. The summed E-state index contributed by atoms with van der Waals surface area (Å²) in [5.41, 5.74) is 0.758. The standard InChI is InChI=1S/C58H90N6O12/c1-14-48-58(10,70)52(66)38(6)63(12)31-34(2)29-56(8,69)54(36(4)51(37(5)55(68)74-48)75-50-30-57(9,71-13)53(67)39(7)73-50)76-49-28-44(25-35(3)72-49)62(11)24-23-43-32-64(61-60-43)45(33-65)26-40-19-21-41(22-20-40)47-27-42-17-15-16-18-46(42)59-47/h15-22,27,32,34-39,44-45,48-54,59,65-67,69-70H,14,23-26,28-31,33H2,1-13H3/t34-,35-,36+,37-,38-,39+,44+,45+,48-,49+,50+,51+,52-,53+,54-,56-,57-,58-/m1/s1. The summed E-state index contributed by atoms with van der Waals surface area (Å²) in [5.74, 6) is -2.50. The largest absolute Gasteiger partial charge is 0.459 e. The zero-order valence-electron chi connectivity index (χ0n) is 47.3. The fourth-order valence-corrected chi connectivity index (χ4v) is 12.3. The molecular weight excluding hydrogens is 973 g/mol. The lowest BCUT2D eigenvalue weighted by Crippen LogP contribution is -2.59. The predicted octanol–water partition coefficient (Wildman–Crippen LogP) is 6.06. The highest BCUT2D eigenvalue weighted by Crippen LogP contribution is 2.40. The number of fused-ring (bicyclic) bond motifs is 1. The third-order valence-corrected chi connectivity index (χ3v) is 17.2. The number of benzene rings is 2. The number of aliphatic hydroxyl groups excluding tert-OH is 3. The summed E-state index contributed by atoms with van der Waals surface area (Å²) in [5, 5.41) is 68.2.